The number of carbonyl (C=O) groups is 4. The zero-order chi connectivity index (χ0) is 13.1. The first-order chi connectivity index (χ1) is 7.25. The summed E-state index contributed by atoms with van der Waals surface area (Å²) in [7, 11) is 0. The summed E-state index contributed by atoms with van der Waals surface area (Å²) >= 11 is 0. The van der Waals surface area contributed by atoms with Gasteiger partial charge in [-0.05, 0) is 24.3 Å². The molecule has 0 rings (SSSR count). The Kier molecular flexibility index (Phi) is 21.6. The molecule has 0 aliphatic heterocycles. The summed E-state index contributed by atoms with van der Waals surface area (Å²) in [5.74, 6) is -6.19. The molecule has 0 heterocycles. The molecule has 0 saturated heterocycles. The molecule has 10 heteroatoms. The molecule has 0 atom stereocenters. The van der Waals surface area contributed by atoms with Crippen molar-refractivity contribution >= 4 is 23.9 Å². The maximum Gasteiger partial charge on any atom is 2.00 e. The molecule has 0 bridgehead atoms. The van der Waals surface area contributed by atoms with Gasteiger partial charge in [-0.2, -0.15) is 0 Å². The smallest absolute Gasteiger partial charge is 0.545 e. The molecular formula is C8H4Cu2O8. The van der Waals surface area contributed by atoms with Gasteiger partial charge < -0.3 is 39.6 Å². The summed E-state index contributed by atoms with van der Waals surface area (Å²) < 4.78 is 0. The van der Waals surface area contributed by atoms with Crippen LogP contribution in [0.25, 0.3) is 0 Å². The first-order valence-electron chi connectivity index (χ1n) is 3.45. The van der Waals surface area contributed by atoms with Gasteiger partial charge in [0.25, 0.3) is 0 Å². The maximum atomic E-state index is 9.41. The van der Waals surface area contributed by atoms with Gasteiger partial charge >= 0.3 is 34.1 Å². The molecule has 0 fully saturated rings. The minimum absolute atomic E-state index is 0. The second-order valence-corrected chi connectivity index (χ2v) is 1.94. The minimum atomic E-state index is -1.55. The largest absolute Gasteiger partial charge is 2.00 e. The number of carboxylic acids is 4. The molecule has 0 saturated carbocycles. The van der Waals surface area contributed by atoms with Gasteiger partial charge in [-0.1, -0.05) is 0 Å². The predicted molar refractivity (Wildman–Crippen MR) is 38.3 cm³/mol. The Labute approximate surface area is 122 Å². The van der Waals surface area contributed by atoms with Crippen LogP contribution in [0.5, 0.6) is 0 Å². The minimum Gasteiger partial charge on any atom is -0.545 e. The fourth-order valence-electron chi connectivity index (χ4n) is 0.272. The van der Waals surface area contributed by atoms with Gasteiger partial charge in [0.05, 0.1) is 23.9 Å². The second kappa shape index (κ2) is 15.4. The van der Waals surface area contributed by atoms with Gasteiger partial charge in [0.1, 0.15) is 0 Å². The van der Waals surface area contributed by atoms with Gasteiger partial charge in [-0.25, -0.2) is 0 Å². The third kappa shape index (κ3) is 36.6. The summed E-state index contributed by atoms with van der Waals surface area (Å²) in [6.07, 6.45) is 1.54. The first-order valence-corrected chi connectivity index (χ1v) is 3.45. The molecule has 8 nitrogen and oxygen atoms in total. The Morgan fingerprint density at radius 1 is 0.500 bits per heavy atom. The van der Waals surface area contributed by atoms with Crippen molar-refractivity contribution in [3.8, 4) is 0 Å². The summed E-state index contributed by atoms with van der Waals surface area (Å²) in [5.41, 5.74) is 0. The van der Waals surface area contributed by atoms with Crippen LogP contribution >= 0.6 is 0 Å². The van der Waals surface area contributed by atoms with Crippen LogP contribution < -0.4 is 20.4 Å². The van der Waals surface area contributed by atoms with Crippen LogP contribution in [0.1, 0.15) is 0 Å². The van der Waals surface area contributed by atoms with E-state index in [0.29, 0.717) is 24.3 Å². The summed E-state index contributed by atoms with van der Waals surface area (Å²) in [4.78, 5) is 37.7. The van der Waals surface area contributed by atoms with Crippen molar-refractivity contribution in [3.05, 3.63) is 24.3 Å². The van der Waals surface area contributed by atoms with Gasteiger partial charge in [0, 0.05) is 0 Å². The van der Waals surface area contributed by atoms with Crippen LogP contribution in [-0.4, -0.2) is 23.9 Å². The van der Waals surface area contributed by atoms with Crippen molar-refractivity contribution in [3.63, 3.8) is 0 Å². The third-order valence-electron chi connectivity index (χ3n) is 0.711. The van der Waals surface area contributed by atoms with E-state index in [1.807, 2.05) is 0 Å². The van der Waals surface area contributed by atoms with Crippen molar-refractivity contribution in [2.24, 2.45) is 0 Å². The molecule has 0 aliphatic rings. The van der Waals surface area contributed by atoms with Crippen molar-refractivity contribution in [1.29, 1.82) is 0 Å². The van der Waals surface area contributed by atoms with Gasteiger partial charge in [-0.3, -0.25) is 0 Å². The Bertz CT molecular complexity index is 281. The summed E-state index contributed by atoms with van der Waals surface area (Å²) in [5, 5.41) is 37.7. The molecule has 0 amide bonds. The fourth-order valence-corrected chi connectivity index (χ4v) is 0.272. The molecule has 106 valence electrons. The molecule has 18 heavy (non-hydrogen) atoms. The number of aliphatic carboxylic acids is 4. The molecular weight excluding hydrogens is 351 g/mol. The average molecular weight is 355 g/mol. The van der Waals surface area contributed by atoms with E-state index in [2.05, 4.69) is 0 Å². The van der Waals surface area contributed by atoms with Crippen molar-refractivity contribution in [2.45, 2.75) is 0 Å². The zero-order valence-corrected chi connectivity index (χ0v) is 10.1. The Balaban J connectivity index is -0.0000000980. The van der Waals surface area contributed by atoms with Crippen LogP contribution in [0.4, 0.5) is 0 Å². The Hall–Kier alpha value is -1.60. The van der Waals surface area contributed by atoms with Gasteiger partial charge in [0.2, 0.25) is 0 Å². The van der Waals surface area contributed by atoms with E-state index in [1.54, 1.807) is 0 Å². The topological polar surface area (TPSA) is 161 Å². The molecule has 0 unspecified atom stereocenters. The monoisotopic (exact) mass is 354 g/mol. The number of rotatable bonds is 4. The third-order valence-corrected chi connectivity index (χ3v) is 0.711. The maximum absolute atomic E-state index is 9.41. The molecule has 0 aliphatic carbocycles. The van der Waals surface area contributed by atoms with E-state index in [0.717, 1.165) is 0 Å². The van der Waals surface area contributed by atoms with Crippen LogP contribution in [0, 0.1) is 0 Å². The first kappa shape index (κ1) is 25.3. The van der Waals surface area contributed by atoms with Crippen molar-refractivity contribution in [2.75, 3.05) is 0 Å². The van der Waals surface area contributed by atoms with Crippen molar-refractivity contribution < 1.29 is 73.7 Å². The van der Waals surface area contributed by atoms with Gasteiger partial charge in [-0.15, -0.1) is 0 Å². The molecule has 0 N–H and O–H groups in total. The summed E-state index contributed by atoms with van der Waals surface area (Å²) in [6.45, 7) is 0. The quantitative estimate of drug-likeness (QED) is 0.356. The van der Waals surface area contributed by atoms with Crippen LogP contribution in [0.3, 0.4) is 0 Å². The van der Waals surface area contributed by atoms with Crippen molar-refractivity contribution in [1.82, 2.24) is 0 Å². The van der Waals surface area contributed by atoms with E-state index < -0.39 is 23.9 Å². The fraction of sp³-hybridized carbons (Fsp3) is 0. The molecule has 2 radical (unpaired) electrons. The Morgan fingerprint density at radius 3 is 0.667 bits per heavy atom. The summed E-state index contributed by atoms with van der Waals surface area (Å²) in [6, 6.07) is 0. The predicted octanol–water partition coefficient (Wildman–Crippen LogP) is -5.92. The van der Waals surface area contributed by atoms with E-state index in [9.17, 15) is 39.6 Å². The van der Waals surface area contributed by atoms with Crippen LogP contribution in [-0.2, 0) is 53.3 Å². The van der Waals surface area contributed by atoms with E-state index in [-0.39, 0.29) is 34.1 Å². The van der Waals surface area contributed by atoms with Crippen LogP contribution in [0.2, 0.25) is 0 Å². The number of carbonyl (C=O) groups excluding carboxylic acids is 4. The van der Waals surface area contributed by atoms with E-state index in [4.69, 9.17) is 0 Å². The SMILES string of the molecule is O=C([O-])/C=C/C(=O)[O-].O=C([O-])/C=C/C(=O)[O-].[Cu+2].[Cu+2]. The normalized spacial score (nSPS) is 8.44. The molecule has 0 spiro atoms. The number of hydrogen-bond acceptors (Lipinski definition) is 8. The molecule has 0 aromatic carbocycles. The van der Waals surface area contributed by atoms with Crippen LogP contribution in [0.15, 0.2) is 24.3 Å². The van der Waals surface area contributed by atoms with E-state index >= 15 is 0 Å². The van der Waals surface area contributed by atoms with E-state index in [1.165, 1.54) is 0 Å². The number of hydrogen-bond donors (Lipinski definition) is 0. The second-order valence-electron chi connectivity index (χ2n) is 1.94. The molecule has 0 aromatic rings. The standard InChI is InChI=1S/2C4H4O4.2Cu/c2*5-3(6)1-2-4(7)8;;/h2*1-2H,(H,5,6)(H,7,8);;/q;;2*+2/p-4/b2*2-1+;;. The molecule has 0 aromatic heterocycles. The Morgan fingerprint density at radius 2 is 0.611 bits per heavy atom. The number of carboxylic acid groups (broad SMARTS) is 4. The zero-order valence-electron chi connectivity index (χ0n) is 8.18. The average Bonchev–Trinajstić information content (AvgIpc) is 2.12. The van der Waals surface area contributed by atoms with Gasteiger partial charge in [0.15, 0.2) is 0 Å².